The van der Waals surface area contributed by atoms with Gasteiger partial charge >= 0.3 is 0 Å². The maximum atomic E-state index is 13.3. The molecule has 9 heteroatoms. The van der Waals surface area contributed by atoms with Crippen molar-refractivity contribution in [3.05, 3.63) is 87.9 Å². The van der Waals surface area contributed by atoms with Crippen LogP contribution in [0.1, 0.15) is 0 Å². The second-order valence-electron chi connectivity index (χ2n) is 5.96. The molecule has 0 fully saturated rings. The van der Waals surface area contributed by atoms with E-state index < -0.39 is 22.5 Å². The Bertz CT molecular complexity index is 1140. The van der Waals surface area contributed by atoms with Gasteiger partial charge in [-0.25, -0.2) is 8.42 Å². The van der Waals surface area contributed by atoms with Gasteiger partial charge in [0.2, 0.25) is 5.91 Å². The van der Waals surface area contributed by atoms with Crippen LogP contribution in [0.15, 0.2) is 77.7 Å². The van der Waals surface area contributed by atoms with Crippen molar-refractivity contribution in [2.75, 3.05) is 16.2 Å². The molecule has 3 aromatic rings. The summed E-state index contributed by atoms with van der Waals surface area (Å²) in [6, 6.07) is 18.9. The summed E-state index contributed by atoms with van der Waals surface area (Å²) >= 11 is 18.3. The minimum absolute atomic E-state index is 0.0200. The Morgan fingerprint density at radius 1 is 0.897 bits per heavy atom. The van der Waals surface area contributed by atoms with Gasteiger partial charge in [0.15, 0.2) is 0 Å². The summed E-state index contributed by atoms with van der Waals surface area (Å²) in [7, 11) is -4.09. The molecule has 0 bridgehead atoms. The van der Waals surface area contributed by atoms with Crippen LogP contribution < -0.4 is 9.62 Å². The van der Waals surface area contributed by atoms with Gasteiger partial charge < -0.3 is 5.32 Å². The average molecular weight is 470 g/mol. The van der Waals surface area contributed by atoms with E-state index >= 15 is 0 Å². The largest absolute Gasteiger partial charge is 0.324 e. The fourth-order valence-corrected chi connectivity index (χ4v) is 4.69. The van der Waals surface area contributed by atoms with E-state index in [0.29, 0.717) is 10.7 Å². The van der Waals surface area contributed by atoms with Gasteiger partial charge in [-0.1, -0.05) is 65.1 Å². The van der Waals surface area contributed by atoms with E-state index in [9.17, 15) is 13.2 Å². The van der Waals surface area contributed by atoms with Crippen LogP contribution in [0, 0.1) is 0 Å². The van der Waals surface area contributed by atoms with Gasteiger partial charge in [-0.2, -0.15) is 0 Å². The third-order valence-electron chi connectivity index (χ3n) is 3.93. The van der Waals surface area contributed by atoms with Crippen molar-refractivity contribution in [2.45, 2.75) is 4.90 Å². The second-order valence-corrected chi connectivity index (χ2v) is 9.04. The normalized spacial score (nSPS) is 11.1. The molecule has 0 saturated carbocycles. The molecular formula is C20H15Cl3N2O3S. The first kappa shape index (κ1) is 21.5. The number of halogens is 3. The molecule has 0 aliphatic heterocycles. The monoisotopic (exact) mass is 468 g/mol. The van der Waals surface area contributed by atoms with Crippen LogP contribution in [-0.2, 0) is 14.8 Å². The summed E-state index contributed by atoms with van der Waals surface area (Å²) in [5.41, 5.74) is 0.543. The Hall–Kier alpha value is -2.25. The number of benzene rings is 3. The number of carbonyl (C=O) groups excluding carboxylic acids is 1. The van der Waals surface area contributed by atoms with Crippen molar-refractivity contribution in [2.24, 2.45) is 0 Å². The Morgan fingerprint density at radius 3 is 2.28 bits per heavy atom. The number of nitrogens with one attached hydrogen (secondary N) is 1. The SMILES string of the molecule is O=C(CN(c1cccc(Cl)c1Cl)S(=O)(=O)c1ccccc1)Nc1cccc(Cl)c1. The topological polar surface area (TPSA) is 66.5 Å². The Morgan fingerprint density at radius 2 is 1.59 bits per heavy atom. The van der Waals surface area contributed by atoms with Crippen LogP contribution >= 0.6 is 34.8 Å². The predicted octanol–water partition coefficient (Wildman–Crippen LogP) is 5.48. The third kappa shape index (κ3) is 5.03. The average Bonchev–Trinajstić information content (AvgIpc) is 2.69. The lowest BCUT2D eigenvalue weighted by molar-refractivity contribution is -0.114. The van der Waals surface area contributed by atoms with E-state index in [4.69, 9.17) is 34.8 Å². The number of nitrogens with zero attached hydrogens (tertiary/aromatic N) is 1. The minimum atomic E-state index is -4.09. The number of rotatable bonds is 6. The van der Waals surface area contributed by atoms with E-state index in [1.807, 2.05) is 0 Å². The van der Waals surface area contributed by atoms with Crippen molar-refractivity contribution in [1.82, 2.24) is 0 Å². The molecule has 0 spiro atoms. The van der Waals surface area contributed by atoms with E-state index in [-0.39, 0.29) is 20.6 Å². The number of carbonyl (C=O) groups is 1. The summed E-state index contributed by atoms with van der Waals surface area (Å²) in [4.78, 5) is 12.7. The van der Waals surface area contributed by atoms with Gasteiger partial charge in [-0.15, -0.1) is 0 Å². The Labute approximate surface area is 183 Å². The van der Waals surface area contributed by atoms with Crippen molar-refractivity contribution in [1.29, 1.82) is 0 Å². The molecule has 0 heterocycles. The standard InChI is InChI=1S/C20H15Cl3N2O3S/c21-14-6-4-7-15(12-14)24-19(26)13-25(18-11-5-10-17(22)20(18)23)29(27,28)16-8-2-1-3-9-16/h1-12H,13H2,(H,24,26). The van der Waals surface area contributed by atoms with Crippen molar-refractivity contribution >= 4 is 62.1 Å². The zero-order chi connectivity index (χ0) is 21.0. The van der Waals surface area contributed by atoms with Gasteiger partial charge in [0.1, 0.15) is 6.54 Å². The molecule has 0 saturated heterocycles. The predicted molar refractivity (Wildman–Crippen MR) is 118 cm³/mol. The van der Waals surface area contributed by atoms with E-state index in [2.05, 4.69) is 5.32 Å². The maximum absolute atomic E-state index is 13.3. The molecule has 5 nitrogen and oxygen atoms in total. The number of hydrogen-bond donors (Lipinski definition) is 1. The van der Waals surface area contributed by atoms with E-state index in [1.54, 1.807) is 48.5 Å². The van der Waals surface area contributed by atoms with E-state index in [0.717, 1.165) is 4.31 Å². The summed E-state index contributed by atoms with van der Waals surface area (Å²) in [5, 5.41) is 3.28. The van der Waals surface area contributed by atoms with Crippen molar-refractivity contribution in [3.8, 4) is 0 Å². The van der Waals surface area contributed by atoms with Crippen LogP contribution in [0.5, 0.6) is 0 Å². The zero-order valence-electron chi connectivity index (χ0n) is 14.8. The fraction of sp³-hybridized carbons (Fsp3) is 0.0500. The minimum Gasteiger partial charge on any atom is -0.324 e. The van der Waals surface area contributed by atoms with Gasteiger partial charge in [0.25, 0.3) is 10.0 Å². The Balaban J connectivity index is 1.99. The quantitative estimate of drug-likeness (QED) is 0.520. The summed E-state index contributed by atoms with van der Waals surface area (Å²) < 4.78 is 27.4. The molecule has 0 aromatic heterocycles. The molecule has 1 amide bonds. The van der Waals surface area contributed by atoms with Crippen molar-refractivity contribution < 1.29 is 13.2 Å². The lowest BCUT2D eigenvalue weighted by Crippen LogP contribution is -2.38. The number of amides is 1. The number of anilines is 2. The highest BCUT2D eigenvalue weighted by atomic mass is 35.5. The van der Waals surface area contributed by atoms with Crippen LogP contribution in [0.25, 0.3) is 0 Å². The Kier molecular flexibility index (Phi) is 6.70. The van der Waals surface area contributed by atoms with Crippen LogP contribution in [-0.4, -0.2) is 20.9 Å². The lowest BCUT2D eigenvalue weighted by atomic mass is 10.3. The molecule has 3 aromatic carbocycles. The summed E-state index contributed by atoms with van der Waals surface area (Å²) in [6.45, 7) is -0.510. The van der Waals surface area contributed by atoms with Crippen molar-refractivity contribution in [3.63, 3.8) is 0 Å². The van der Waals surface area contributed by atoms with Crippen LogP contribution in [0.3, 0.4) is 0 Å². The van der Waals surface area contributed by atoms with Gasteiger partial charge in [0.05, 0.1) is 20.6 Å². The lowest BCUT2D eigenvalue weighted by Gasteiger charge is -2.25. The van der Waals surface area contributed by atoms with Gasteiger partial charge in [0, 0.05) is 10.7 Å². The first-order chi connectivity index (χ1) is 13.8. The molecule has 1 N–H and O–H groups in total. The molecular weight excluding hydrogens is 455 g/mol. The first-order valence-corrected chi connectivity index (χ1v) is 10.9. The molecule has 0 aliphatic rings. The third-order valence-corrected chi connectivity index (χ3v) is 6.74. The molecule has 0 aliphatic carbocycles. The maximum Gasteiger partial charge on any atom is 0.264 e. The van der Waals surface area contributed by atoms with Crippen LogP contribution in [0.4, 0.5) is 11.4 Å². The van der Waals surface area contributed by atoms with Gasteiger partial charge in [-0.05, 0) is 42.5 Å². The summed E-state index contributed by atoms with van der Waals surface area (Å²) in [6.07, 6.45) is 0. The highest BCUT2D eigenvalue weighted by molar-refractivity contribution is 7.92. The van der Waals surface area contributed by atoms with Gasteiger partial charge in [-0.3, -0.25) is 9.10 Å². The van der Waals surface area contributed by atoms with Crippen LogP contribution in [0.2, 0.25) is 15.1 Å². The number of hydrogen-bond acceptors (Lipinski definition) is 3. The highest BCUT2D eigenvalue weighted by Gasteiger charge is 2.29. The molecule has 0 radical (unpaired) electrons. The number of sulfonamides is 1. The molecule has 29 heavy (non-hydrogen) atoms. The molecule has 150 valence electrons. The molecule has 3 rings (SSSR count). The fourth-order valence-electron chi connectivity index (χ4n) is 2.60. The second kappa shape index (κ2) is 9.05. The molecule has 0 unspecified atom stereocenters. The molecule has 0 atom stereocenters. The van der Waals surface area contributed by atoms with E-state index in [1.165, 1.54) is 24.3 Å². The smallest absolute Gasteiger partial charge is 0.264 e. The first-order valence-electron chi connectivity index (χ1n) is 8.36. The zero-order valence-corrected chi connectivity index (χ0v) is 17.9. The summed E-state index contributed by atoms with van der Waals surface area (Å²) in [5.74, 6) is -0.567. The highest BCUT2D eigenvalue weighted by Crippen LogP contribution is 2.35.